The van der Waals surface area contributed by atoms with Gasteiger partial charge in [-0.25, -0.2) is 0 Å². The number of hydrogen-bond donors (Lipinski definition) is 1. The van der Waals surface area contributed by atoms with E-state index in [2.05, 4.69) is 23.3 Å². The molecule has 4 nitrogen and oxygen atoms in total. The molecule has 4 heteroatoms. The van der Waals surface area contributed by atoms with Crippen LogP contribution in [0, 0.1) is 6.92 Å². The Labute approximate surface area is 109 Å². The van der Waals surface area contributed by atoms with Crippen molar-refractivity contribution in [2.75, 3.05) is 27.3 Å². The molecule has 1 N–H and O–H groups in total. The Balaban J connectivity index is 1.93. The van der Waals surface area contributed by atoms with Crippen LogP contribution in [0.2, 0.25) is 0 Å². The van der Waals surface area contributed by atoms with Crippen LogP contribution in [0.25, 0.3) is 0 Å². The first kappa shape index (κ1) is 13.6. The van der Waals surface area contributed by atoms with E-state index in [1.807, 2.05) is 14.0 Å². The van der Waals surface area contributed by atoms with E-state index in [0.717, 1.165) is 50.7 Å². The average molecular weight is 252 g/mol. The molecule has 2 rings (SSSR count). The molecule has 0 atom stereocenters. The Hall–Kier alpha value is -0.840. The van der Waals surface area contributed by atoms with Gasteiger partial charge in [0.05, 0.1) is 6.54 Å². The molecule has 1 saturated heterocycles. The van der Waals surface area contributed by atoms with Crippen molar-refractivity contribution in [1.82, 2.24) is 10.2 Å². The van der Waals surface area contributed by atoms with E-state index < -0.39 is 0 Å². The molecule has 0 radical (unpaired) electrons. The summed E-state index contributed by atoms with van der Waals surface area (Å²) in [5.41, 5.74) is 1.26. The molecule has 2 heterocycles. The Morgan fingerprint density at radius 3 is 2.78 bits per heavy atom. The molecule has 0 amide bonds. The molecule has 0 spiro atoms. The van der Waals surface area contributed by atoms with Gasteiger partial charge in [-0.05, 0) is 39.9 Å². The summed E-state index contributed by atoms with van der Waals surface area (Å²) < 4.78 is 11.2. The van der Waals surface area contributed by atoms with Crippen molar-refractivity contribution in [2.45, 2.75) is 38.9 Å². The number of aryl methyl sites for hydroxylation is 1. The quantitative estimate of drug-likeness (QED) is 0.869. The van der Waals surface area contributed by atoms with Crippen LogP contribution in [0.3, 0.4) is 0 Å². The maximum Gasteiger partial charge on any atom is 0.118 e. The highest BCUT2D eigenvalue weighted by Crippen LogP contribution is 2.19. The largest absolute Gasteiger partial charge is 0.465 e. The van der Waals surface area contributed by atoms with E-state index >= 15 is 0 Å². The highest BCUT2D eigenvalue weighted by atomic mass is 16.5. The third-order valence-corrected chi connectivity index (χ3v) is 3.66. The zero-order valence-electron chi connectivity index (χ0n) is 11.7. The van der Waals surface area contributed by atoms with Crippen LogP contribution in [0.4, 0.5) is 0 Å². The van der Waals surface area contributed by atoms with Gasteiger partial charge in [-0.1, -0.05) is 0 Å². The van der Waals surface area contributed by atoms with E-state index in [9.17, 15) is 0 Å². The fraction of sp³-hybridized carbons (Fsp3) is 0.714. The van der Waals surface area contributed by atoms with Gasteiger partial charge in [0, 0.05) is 31.4 Å². The minimum absolute atomic E-state index is 0.622. The lowest BCUT2D eigenvalue weighted by molar-refractivity contribution is 0.0387. The molecular weight excluding hydrogens is 228 g/mol. The summed E-state index contributed by atoms with van der Waals surface area (Å²) >= 11 is 0. The maximum absolute atomic E-state index is 5.82. The van der Waals surface area contributed by atoms with Crippen LogP contribution in [-0.4, -0.2) is 38.3 Å². The first-order valence-corrected chi connectivity index (χ1v) is 6.71. The summed E-state index contributed by atoms with van der Waals surface area (Å²) in [4.78, 5) is 2.38. The number of ether oxygens (including phenoxy) is 1. The van der Waals surface area contributed by atoms with Gasteiger partial charge in [0.1, 0.15) is 11.5 Å². The SMILES string of the molecule is CNCc1cc(CN(C)C2CCOCC2)oc1C. The zero-order valence-corrected chi connectivity index (χ0v) is 11.7. The molecule has 0 saturated carbocycles. The van der Waals surface area contributed by atoms with Crippen molar-refractivity contribution in [3.8, 4) is 0 Å². The Bertz CT molecular complexity index is 370. The molecule has 1 aromatic heterocycles. The monoisotopic (exact) mass is 252 g/mol. The fourth-order valence-electron chi connectivity index (χ4n) is 2.53. The molecule has 1 aliphatic rings. The minimum Gasteiger partial charge on any atom is -0.465 e. The van der Waals surface area contributed by atoms with Gasteiger partial charge in [-0.3, -0.25) is 4.90 Å². The van der Waals surface area contributed by atoms with Crippen LogP contribution in [-0.2, 0) is 17.8 Å². The number of hydrogen-bond acceptors (Lipinski definition) is 4. The Kier molecular flexibility index (Phi) is 4.80. The lowest BCUT2D eigenvalue weighted by atomic mass is 10.1. The first-order valence-electron chi connectivity index (χ1n) is 6.71. The van der Waals surface area contributed by atoms with Crippen LogP contribution in [0.1, 0.15) is 29.9 Å². The van der Waals surface area contributed by atoms with Crippen molar-refractivity contribution >= 4 is 0 Å². The first-order chi connectivity index (χ1) is 8.70. The molecule has 0 aromatic carbocycles. The average Bonchev–Trinajstić information content (AvgIpc) is 2.71. The Morgan fingerprint density at radius 2 is 2.11 bits per heavy atom. The summed E-state index contributed by atoms with van der Waals surface area (Å²) in [6.07, 6.45) is 2.25. The molecule has 0 aliphatic carbocycles. The van der Waals surface area contributed by atoms with Crippen molar-refractivity contribution in [3.63, 3.8) is 0 Å². The smallest absolute Gasteiger partial charge is 0.118 e. The van der Waals surface area contributed by atoms with E-state index in [1.54, 1.807) is 0 Å². The maximum atomic E-state index is 5.82. The molecule has 0 unspecified atom stereocenters. The predicted octanol–water partition coefficient (Wildman–Crippen LogP) is 1.92. The van der Waals surface area contributed by atoms with E-state index in [1.165, 1.54) is 5.56 Å². The normalized spacial score (nSPS) is 17.6. The van der Waals surface area contributed by atoms with Crippen LogP contribution in [0.5, 0.6) is 0 Å². The third kappa shape index (κ3) is 3.34. The minimum atomic E-state index is 0.622. The second kappa shape index (κ2) is 6.36. The van der Waals surface area contributed by atoms with E-state index in [0.29, 0.717) is 6.04 Å². The highest BCUT2D eigenvalue weighted by molar-refractivity contribution is 5.20. The molecular formula is C14H24N2O2. The van der Waals surface area contributed by atoms with E-state index in [-0.39, 0.29) is 0 Å². The van der Waals surface area contributed by atoms with Gasteiger partial charge in [0.25, 0.3) is 0 Å². The van der Waals surface area contributed by atoms with Crippen molar-refractivity contribution < 1.29 is 9.15 Å². The van der Waals surface area contributed by atoms with Crippen molar-refractivity contribution in [3.05, 3.63) is 23.2 Å². The highest BCUT2D eigenvalue weighted by Gasteiger charge is 2.19. The third-order valence-electron chi connectivity index (χ3n) is 3.66. The number of nitrogens with one attached hydrogen (secondary N) is 1. The summed E-state index contributed by atoms with van der Waals surface area (Å²) in [6, 6.07) is 2.79. The second-order valence-electron chi connectivity index (χ2n) is 5.08. The second-order valence-corrected chi connectivity index (χ2v) is 5.08. The van der Waals surface area contributed by atoms with Gasteiger partial charge in [-0.15, -0.1) is 0 Å². The molecule has 1 fully saturated rings. The van der Waals surface area contributed by atoms with Gasteiger partial charge >= 0.3 is 0 Å². The molecule has 102 valence electrons. The van der Waals surface area contributed by atoms with Crippen LogP contribution in [0.15, 0.2) is 10.5 Å². The summed E-state index contributed by atoms with van der Waals surface area (Å²) in [5.74, 6) is 2.09. The molecule has 1 aliphatic heterocycles. The summed E-state index contributed by atoms with van der Waals surface area (Å²) in [7, 11) is 4.13. The number of nitrogens with zero attached hydrogens (tertiary/aromatic N) is 1. The van der Waals surface area contributed by atoms with Gasteiger partial charge in [0.2, 0.25) is 0 Å². The van der Waals surface area contributed by atoms with Crippen molar-refractivity contribution in [1.29, 1.82) is 0 Å². The van der Waals surface area contributed by atoms with Gasteiger partial charge in [-0.2, -0.15) is 0 Å². The standard InChI is InChI=1S/C14H24N2O2/c1-11-12(9-15-2)8-14(18-11)10-16(3)13-4-6-17-7-5-13/h8,13,15H,4-7,9-10H2,1-3H3. The molecule has 0 bridgehead atoms. The van der Waals surface area contributed by atoms with Gasteiger partial charge in [0.15, 0.2) is 0 Å². The van der Waals surface area contributed by atoms with Crippen LogP contribution < -0.4 is 5.32 Å². The lowest BCUT2D eigenvalue weighted by Gasteiger charge is -2.30. The van der Waals surface area contributed by atoms with Crippen molar-refractivity contribution in [2.24, 2.45) is 0 Å². The van der Waals surface area contributed by atoms with Gasteiger partial charge < -0.3 is 14.5 Å². The van der Waals surface area contributed by atoms with E-state index in [4.69, 9.17) is 9.15 Å². The molecule has 18 heavy (non-hydrogen) atoms. The fourth-order valence-corrected chi connectivity index (χ4v) is 2.53. The Morgan fingerprint density at radius 1 is 1.39 bits per heavy atom. The number of furan rings is 1. The molecule has 1 aromatic rings. The topological polar surface area (TPSA) is 37.6 Å². The van der Waals surface area contributed by atoms with Crippen LogP contribution >= 0.6 is 0 Å². The summed E-state index contributed by atoms with van der Waals surface area (Å²) in [6.45, 7) is 5.56. The number of rotatable bonds is 5. The zero-order chi connectivity index (χ0) is 13.0. The lowest BCUT2D eigenvalue weighted by Crippen LogP contribution is -2.36. The predicted molar refractivity (Wildman–Crippen MR) is 71.5 cm³/mol. The summed E-state index contributed by atoms with van der Waals surface area (Å²) in [5, 5.41) is 3.16.